The SMILES string of the molecule is CC(C(=O)Nc1cccc(N)c1)S(=O)c1ccccc1. The largest absolute Gasteiger partial charge is 0.399 e. The Hall–Kier alpha value is -2.14. The lowest BCUT2D eigenvalue weighted by Crippen LogP contribution is -2.29. The van der Waals surface area contributed by atoms with E-state index in [1.54, 1.807) is 55.5 Å². The van der Waals surface area contributed by atoms with Crippen molar-refractivity contribution in [1.82, 2.24) is 0 Å². The minimum absolute atomic E-state index is 0.294. The van der Waals surface area contributed by atoms with E-state index in [2.05, 4.69) is 5.32 Å². The summed E-state index contributed by atoms with van der Waals surface area (Å²) in [6.07, 6.45) is 0. The molecular formula is C15H16N2O2S. The van der Waals surface area contributed by atoms with Gasteiger partial charge in [0.05, 0.1) is 10.8 Å². The number of benzene rings is 2. The van der Waals surface area contributed by atoms with Crippen LogP contribution in [0.1, 0.15) is 6.92 Å². The Labute approximate surface area is 120 Å². The number of rotatable bonds is 4. The Morgan fingerprint density at radius 2 is 1.85 bits per heavy atom. The summed E-state index contributed by atoms with van der Waals surface area (Å²) in [4.78, 5) is 12.7. The summed E-state index contributed by atoms with van der Waals surface area (Å²) >= 11 is 0. The zero-order valence-electron chi connectivity index (χ0n) is 11.1. The molecular weight excluding hydrogens is 272 g/mol. The van der Waals surface area contributed by atoms with Crippen LogP contribution in [0.25, 0.3) is 0 Å². The van der Waals surface area contributed by atoms with Crippen molar-refractivity contribution in [3.63, 3.8) is 0 Å². The van der Waals surface area contributed by atoms with Crippen LogP contribution in [-0.2, 0) is 15.6 Å². The second-order valence-electron chi connectivity index (χ2n) is 4.37. The van der Waals surface area contributed by atoms with E-state index in [9.17, 15) is 9.00 Å². The van der Waals surface area contributed by atoms with Gasteiger partial charge in [-0.05, 0) is 37.3 Å². The van der Waals surface area contributed by atoms with Gasteiger partial charge in [-0.15, -0.1) is 0 Å². The van der Waals surface area contributed by atoms with Crippen LogP contribution < -0.4 is 11.1 Å². The fraction of sp³-hybridized carbons (Fsp3) is 0.133. The number of anilines is 2. The molecule has 0 radical (unpaired) electrons. The Bertz CT molecular complexity index is 629. The number of amides is 1. The lowest BCUT2D eigenvalue weighted by molar-refractivity contribution is -0.115. The highest BCUT2D eigenvalue weighted by Crippen LogP contribution is 2.15. The first kappa shape index (κ1) is 14.3. The van der Waals surface area contributed by atoms with Gasteiger partial charge in [-0.1, -0.05) is 24.3 Å². The molecule has 104 valence electrons. The van der Waals surface area contributed by atoms with Gasteiger partial charge in [-0.3, -0.25) is 9.00 Å². The van der Waals surface area contributed by atoms with E-state index in [-0.39, 0.29) is 5.91 Å². The molecule has 0 fully saturated rings. The molecule has 3 N–H and O–H groups in total. The summed E-state index contributed by atoms with van der Waals surface area (Å²) in [5.41, 5.74) is 6.82. The standard InChI is InChI=1S/C15H16N2O2S/c1-11(20(19)14-8-3-2-4-9-14)15(18)17-13-7-5-6-12(16)10-13/h2-11H,16H2,1H3,(H,17,18). The van der Waals surface area contributed by atoms with Crippen LogP contribution in [0.2, 0.25) is 0 Å². The fourth-order valence-electron chi connectivity index (χ4n) is 1.72. The fourth-order valence-corrected chi connectivity index (χ4v) is 2.80. The minimum Gasteiger partial charge on any atom is -0.399 e. The van der Waals surface area contributed by atoms with Crippen molar-refractivity contribution >= 4 is 28.1 Å². The number of carbonyl (C=O) groups excluding carboxylic acids is 1. The van der Waals surface area contributed by atoms with Crippen molar-refractivity contribution < 1.29 is 9.00 Å². The monoisotopic (exact) mass is 288 g/mol. The van der Waals surface area contributed by atoms with Crippen LogP contribution in [0.4, 0.5) is 11.4 Å². The Balaban J connectivity index is 2.07. The molecule has 0 bridgehead atoms. The van der Waals surface area contributed by atoms with E-state index in [4.69, 9.17) is 5.73 Å². The molecule has 2 atom stereocenters. The van der Waals surface area contributed by atoms with E-state index in [0.29, 0.717) is 16.3 Å². The van der Waals surface area contributed by atoms with Crippen molar-refractivity contribution in [2.24, 2.45) is 0 Å². The van der Waals surface area contributed by atoms with Gasteiger partial charge >= 0.3 is 0 Å². The van der Waals surface area contributed by atoms with Crippen LogP contribution in [-0.4, -0.2) is 15.4 Å². The minimum atomic E-state index is -1.38. The first-order valence-corrected chi connectivity index (χ1v) is 7.41. The van der Waals surface area contributed by atoms with E-state index < -0.39 is 16.0 Å². The molecule has 1 amide bonds. The first-order chi connectivity index (χ1) is 9.58. The third kappa shape index (κ3) is 3.45. The summed E-state index contributed by atoms with van der Waals surface area (Å²) in [5.74, 6) is -0.294. The van der Waals surface area contributed by atoms with E-state index in [0.717, 1.165) is 0 Å². The maximum atomic E-state index is 12.3. The number of nitrogen functional groups attached to an aromatic ring is 1. The van der Waals surface area contributed by atoms with E-state index in [1.807, 2.05) is 6.07 Å². The summed E-state index contributed by atoms with van der Waals surface area (Å²) in [6.45, 7) is 1.64. The molecule has 0 aromatic heterocycles. The molecule has 2 aromatic carbocycles. The van der Waals surface area contributed by atoms with Gasteiger partial charge in [-0.25, -0.2) is 0 Å². The van der Waals surface area contributed by atoms with Gasteiger partial charge in [0.2, 0.25) is 5.91 Å². The summed E-state index contributed by atoms with van der Waals surface area (Å²) in [7, 11) is -1.38. The van der Waals surface area contributed by atoms with E-state index >= 15 is 0 Å². The molecule has 0 aliphatic rings. The summed E-state index contributed by atoms with van der Waals surface area (Å²) < 4.78 is 12.3. The second-order valence-corrected chi connectivity index (χ2v) is 6.14. The zero-order chi connectivity index (χ0) is 14.5. The second kappa shape index (κ2) is 6.34. The third-order valence-electron chi connectivity index (χ3n) is 2.82. The Morgan fingerprint density at radius 3 is 2.50 bits per heavy atom. The van der Waals surface area contributed by atoms with Crippen LogP contribution in [0, 0.1) is 0 Å². The predicted octanol–water partition coefficient (Wildman–Crippen LogP) is 2.40. The normalized spacial score (nSPS) is 13.4. The first-order valence-electron chi connectivity index (χ1n) is 6.20. The highest BCUT2D eigenvalue weighted by Gasteiger charge is 2.21. The maximum absolute atomic E-state index is 12.3. The predicted molar refractivity (Wildman–Crippen MR) is 81.8 cm³/mol. The van der Waals surface area contributed by atoms with Crippen LogP contribution >= 0.6 is 0 Å². The number of hydrogen-bond acceptors (Lipinski definition) is 3. The highest BCUT2D eigenvalue weighted by atomic mass is 32.2. The lowest BCUT2D eigenvalue weighted by atomic mass is 10.3. The van der Waals surface area contributed by atoms with Gasteiger partial charge in [-0.2, -0.15) is 0 Å². The average Bonchev–Trinajstić information content (AvgIpc) is 2.46. The molecule has 20 heavy (non-hydrogen) atoms. The highest BCUT2D eigenvalue weighted by molar-refractivity contribution is 7.86. The van der Waals surface area contributed by atoms with Gasteiger partial charge in [0.15, 0.2) is 0 Å². The third-order valence-corrected chi connectivity index (χ3v) is 4.41. The molecule has 4 nitrogen and oxygen atoms in total. The average molecular weight is 288 g/mol. The number of hydrogen-bond donors (Lipinski definition) is 2. The van der Waals surface area contributed by atoms with Crippen molar-refractivity contribution in [3.05, 3.63) is 54.6 Å². The van der Waals surface area contributed by atoms with Crippen molar-refractivity contribution in [3.8, 4) is 0 Å². The maximum Gasteiger partial charge on any atom is 0.240 e. The number of nitrogens with two attached hydrogens (primary N) is 1. The number of carbonyl (C=O) groups is 1. The molecule has 0 aliphatic heterocycles. The molecule has 2 aromatic rings. The van der Waals surface area contributed by atoms with Crippen LogP contribution in [0.5, 0.6) is 0 Å². The number of nitrogens with one attached hydrogen (secondary N) is 1. The topological polar surface area (TPSA) is 72.2 Å². The lowest BCUT2D eigenvalue weighted by Gasteiger charge is -2.12. The molecule has 0 saturated carbocycles. The molecule has 2 rings (SSSR count). The Kier molecular flexibility index (Phi) is 4.53. The van der Waals surface area contributed by atoms with Gasteiger partial charge in [0, 0.05) is 16.3 Å². The van der Waals surface area contributed by atoms with Gasteiger partial charge in [0.1, 0.15) is 5.25 Å². The van der Waals surface area contributed by atoms with Crippen molar-refractivity contribution in [2.75, 3.05) is 11.1 Å². The van der Waals surface area contributed by atoms with Gasteiger partial charge in [0.25, 0.3) is 0 Å². The molecule has 0 saturated heterocycles. The molecule has 2 unspecified atom stereocenters. The van der Waals surface area contributed by atoms with Crippen LogP contribution in [0.3, 0.4) is 0 Å². The molecule has 0 spiro atoms. The van der Waals surface area contributed by atoms with Crippen LogP contribution in [0.15, 0.2) is 59.5 Å². The Morgan fingerprint density at radius 1 is 1.15 bits per heavy atom. The quantitative estimate of drug-likeness (QED) is 0.849. The summed E-state index contributed by atoms with van der Waals surface area (Å²) in [5, 5.41) is 2.08. The van der Waals surface area contributed by atoms with Gasteiger partial charge < -0.3 is 11.1 Å². The molecule has 0 aliphatic carbocycles. The molecule has 0 heterocycles. The van der Waals surface area contributed by atoms with Crippen molar-refractivity contribution in [1.29, 1.82) is 0 Å². The van der Waals surface area contributed by atoms with E-state index in [1.165, 1.54) is 0 Å². The summed E-state index contributed by atoms with van der Waals surface area (Å²) in [6, 6.07) is 15.8. The smallest absolute Gasteiger partial charge is 0.240 e. The van der Waals surface area contributed by atoms with Crippen molar-refractivity contribution in [2.45, 2.75) is 17.1 Å². The zero-order valence-corrected chi connectivity index (χ0v) is 11.9. The molecule has 5 heteroatoms.